The number of amides is 1. The Morgan fingerprint density at radius 3 is 2.65 bits per heavy atom. The van der Waals surface area contributed by atoms with E-state index in [-0.39, 0.29) is 36.0 Å². The Balaban J connectivity index is 1.63. The molecular weight excluding hydrogens is 312 g/mol. The SMILES string of the molecule is CN(CC(=O)N(C)[C@@H]1CCc2ccccc21)[C@H]1CCS(=O)(=O)C1. The number of sulfone groups is 1. The fourth-order valence-corrected chi connectivity index (χ4v) is 5.49. The number of likely N-dealkylation sites (N-methyl/N-ethyl adjacent to an activating group) is 2. The molecular formula is C17H24N2O3S. The van der Waals surface area contributed by atoms with Crippen LogP contribution in [0.1, 0.15) is 30.0 Å². The van der Waals surface area contributed by atoms with E-state index in [2.05, 4.69) is 12.1 Å². The lowest BCUT2D eigenvalue weighted by Gasteiger charge is -2.29. The Morgan fingerprint density at radius 1 is 1.22 bits per heavy atom. The third kappa shape index (κ3) is 3.43. The monoisotopic (exact) mass is 336 g/mol. The molecule has 0 spiro atoms. The predicted octanol–water partition coefficient (Wildman–Crippen LogP) is 1.25. The fourth-order valence-electron chi connectivity index (χ4n) is 3.69. The van der Waals surface area contributed by atoms with Gasteiger partial charge >= 0.3 is 0 Å². The first-order chi connectivity index (χ1) is 10.9. The maximum absolute atomic E-state index is 12.6. The molecule has 1 amide bonds. The molecule has 3 rings (SSSR count). The number of benzene rings is 1. The normalized spacial score (nSPS) is 25.5. The highest BCUT2D eigenvalue weighted by molar-refractivity contribution is 7.91. The topological polar surface area (TPSA) is 57.7 Å². The van der Waals surface area contributed by atoms with Crippen LogP contribution in [-0.4, -0.2) is 62.3 Å². The van der Waals surface area contributed by atoms with Gasteiger partial charge in [0.1, 0.15) is 0 Å². The molecule has 1 aliphatic heterocycles. The van der Waals surface area contributed by atoms with Crippen LogP contribution in [0.25, 0.3) is 0 Å². The van der Waals surface area contributed by atoms with E-state index in [0.29, 0.717) is 6.42 Å². The fraction of sp³-hybridized carbons (Fsp3) is 0.588. The van der Waals surface area contributed by atoms with E-state index in [1.165, 1.54) is 11.1 Å². The van der Waals surface area contributed by atoms with Gasteiger partial charge in [-0.3, -0.25) is 9.69 Å². The maximum Gasteiger partial charge on any atom is 0.237 e. The van der Waals surface area contributed by atoms with E-state index in [0.717, 1.165) is 12.8 Å². The number of carbonyl (C=O) groups is 1. The average molecular weight is 336 g/mol. The summed E-state index contributed by atoms with van der Waals surface area (Å²) in [5, 5.41) is 0. The highest BCUT2D eigenvalue weighted by Gasteiger charge is 2.33. The molecule has 1 heterocycles. The molecule has 0 unspecified atom stereocenters. The Hall–Kier alpha value is -1.40. The van der Waals surface area contributed by atoms with Crippen molar-refractivity contribution in [2.24, 2.45) is 0 Å². The summed E-state index contributed by atoms with van der Waals surface area (Å²) < 4.78 is 23.2. The summed E-state index contributed by atoms with van der Waals surface area (Å²) in [5.74, 6) is 0.466. The van der Waals surface area contributed by atoms with E-state index < -0.39 is 9.84 Å². The van der Waals surface area contributed by atoms with Gasteiger partial charge < -0.3 is 4.90 Å². The molecule has 1 aromatic rings. The van der Waals surface area contributed by atoms with Crippen molar-refractivity contribution in [3.63, 3.8) is 0 Å². The Bertz CT molecular complexity index is 702. The van der Waals surface area contributed by atoms with Crippen LogP contribution in [0.3, 0.4) is 0 Å². The average Bonchev–Trinajstić information content (AvgIpc) is 3.09. The van der Waals surface area contributed by atoms with Gasteiger partial charge in [-0.2, -0.15) is 0 Å². The van der Waals surface area contributed by atoms with Crippen LogP contribution in [0.5, 0.6) is 0 Å². The lowest BCUT2D eigenvalue weighted by molar-refractivity contribution is -0.133. The highest BCUT2D eigenvalue weighted by atomic mass is 32.2. The summed E-state index contributed by atoms with van der Waals surface area (Å²) >= 11 is 0. The van der Waals surface area contributed by atoms with Crippen LogP contribution in [0.4, 0.5) is 0 Å². The quantitative estimate of drug-likeness (QED) is 0.830. The van der Waals surface area contributed by atoms with Gasteiger partial charge in [0.25, 0.3) is 0 Å². The summed E-state index contributed by atoms with van der Waals surface area (Å²) in [6, 6.07) is 8.39. The van der Waals surface area contributed by atoms with Gasteiger partial charge in [-0.15, -0.1) is 0 Å². The van der Waals surface area contributed by atoms with Crippen molar-refractivity contribution < 1.29 is 13.2 Å². The minimum atomic E-state index is -2.92. The molecule has 2 aliphatic rings. The second-order valence-corrected chi connectivity index (χ2v) is 8.96. The van der Waals surface area contributed by atoms with Gasteiger partial charge in [0, 0.05) is 13.1 Å². The zero-order valence-corrected chi connectivity index (χ0v) is 14.6. The first-order valence-corrected chi connectivity index (χ1v) is 9.93. The van der Waals surface area contributed by atoms with Crippen LogP contribution in [0.2, 0.25) is 0 Å². The number of aryl methyl sites for hydroxylation is 1. The molecule has 1 saturated heterocycles. The molecule has 6 heteroatoms. The van der Waals surface area contributed by atoms with E-state index in [9.17, 15) is 13.2 Å². The number of carbonyl (C=O) groups excluding carboxylic acids is 1. The smallest absolute Gasteiger partial charge is 0.237 e. The lowest BCUT2D eigenvalue weighted by Crippen LogP contribution is -2.42. The Kier molecular flexibility index (Phi) is 4.47. The van der Waals surface area contributed by atoms with Crippen LogP contribution >= 0.6 is 0 Å². The van der Waals surface area contributed by atoms with Crippen molar-refractivity contribution in [3.8, 4) is 0 Å². The van der Waals surface area contributed by atoms with Gasteiger partial charge in [0.05, 0.1) is 24.1 Å². The summed E-state index contributed by atoms with van der Waals surface area (Å²) in [4.78, 5) is 16.3. The summed E-state index contributed by atoms with van der Waals surface area (Å²) in [6.45, 7) is 0.273. The molecule has 1 aliphatic carbocycles. The number of fused-ring (bicyclic) bond motifs is 1. The summed E-state index contributed by atoms with van der Waals surface area (Å²) in [7, 11) is 0.784. The molecule has 1 aromatic carbocycles. The van der Waals surface area contributed by atoms with Crippen LogP contribution < -0.4 is 0 Å². The number of rotatable bonds is 4. The third-order valence-corrected chi connectivity index (χ3v) is 6.93. The third-order valence-electron chi connectivity index (χ3n) is 5.18. The van der Waals surface area contributed by atoms with E-state index in [1.807, 2.05) is 36.0 Å². The standard InChI is InChI=1S/C17H24N2O3S/c1-18(14-9-10-23(21,22)12-14)11-17(20)19(2)16-8-7-13-5-3-4-6-15(13)16/h3-6,14,16H,7-12H2,1-2H3/t14-,16+/m0/s1. The van der Waals surface area contributed by atoms with Gasteiger partial charge in [-0.1, -0.05) is 24.3 Å². The van der Waals surface area contributed by atoms with Gasteiger partial charge in [-0.05, 0) is 37.4 Å². The van der Waals surface area contributed by atoms with Crippen molar-refractivity contribution in [2.45, 2.75) is 31.3 Å². The number of nitrogens with zero attached hydrogens (tertiary/aromatic N) is 2. The number of hydrogen-bond acceptors (Lipinski definition) is 4. The molecule has 5 nitrogen and oxygen atoms in total. The maximum atomic E-state index is 12.6. The largest absolute Gasteiger partial charge is 0.338 e. The number of hydrogen-bond donors (Lipinski definition) is 0. The van der Waals surface area contributed by atoms with E-state index in [4.69, 9.17) is 0 Å². The molecule has 0 radical (unpaired) electrons. The van der Waals surface area contributed by atoms with Crippen molar-refractivity contribution in [2.75, 3.05) is 32.1 Å². The molecule has 126 valence electrons. The van der Waals surface area contributed by atoms with Gasteiger partial charge in [0.15, 0.2) is 9.84 Å². The Morgan fingerprint density at radius 2 is 1.96 bits per heavy atom. The predicted molar refractivity (Wildman–Crippen MR) is 90.0 cm³/mol. The van der Waals surface area contributed by atoms with Crippen molar-refractivity contribution >= 4 is 15.7 Å². The highest BCUT2D eigenvalue weighted by Crippen LogP contribution is 2.34. The lowest BCUT2D eigenvalue weighted by atomic mass is 10.1. The van der Waals surface area contributed by atoms with Crippen LogP contribution in [0.15, 0.2) is 24.3 Å². The van der Waals surface area contributed by atoms with Crippen LogP contribution in [0, 0.1) is 0 Å². The Labute approximate surface area is 138 Å². The van der Waals surface area contributed by atoms with E-state index >= 15 is 0 Å². The minimum Gasteiger partial charge on any atom is -0.338 e. The molecule has 0 saturated carbocycles. The van der Waals surface area contributed by atoms with Crippen molar-refractivity contribution in [3.05, 3.63) is 35.4 Å². The molecule has 1 fully saturated rings. The first-order valence-electron chi connectivity index (χ1n) is 8.11. The molecule has 0 aromatic heterocycles. The van der Waals surface area contributed by atoms with E-state index in [1.54, 1.807) is 0 Å². The molecule has 0 bridgehead atoms. The summed E-state index contributed by atoms with van der Waals surface area (Å²) in [6.07, 6.45) is 2.60. The minimum absolute atomic E-state index is 0.0341. The second kappa shape index (κ2) is 6.24. The van der Waals surface area contributed by atoms with Crippen LogP contribution in [-0.2, 0) is 21.1 Å². The van der Waals surface area contributed by atoms with Gasteiger partial charge in [0.2, 0.25) is 5.91 Å². The summed E-state index contributed by atoms with van der Waals surface area (Å²) in [5.41, 5.74) is 2.57. The molecule has 23 heavy (non-hydrogen) atoms. The second-order valence-electron chi connectivity index (χ2n) is 6.73. The van der Waals surface area contributed by atoms with Crippen molar-refractivity contribution in [1.82, 2.24) is 9.80 Å². The molecule has 2 atom stereocenters. The van der Waals surface area contributed by atoms with Gasteiger partial charge in [-0.25, -0.2) is 8.42 Å². The first kappa shape index (κ1) is 16.5. The van der Waals surface area contributed by atoms with Crippen molar-refractivity contribution in [1.29, 1.82) is 0 Å². The zero-order chi connectivity index (χ0) is 16.6. The zero-order valence-electron chi connectivity index (χ0n) is 13.7. The molecule has 0 N–H and O–H groups in total.